The molecule has 0 saturated carbocycles. The van der Waals surface area contributed by atoms with E-state index in [1.165, 1.54) is 12.1 Å². The Kier molecular flexibility index (Phi) is 4.46. The number of benzene rings is 1. The average Bonchev–Trinajstić information content (AvgIpc) is 2.21. The maximum Gasteiger partial charge on any atom is 0.234 e. The summed E-state index contributed by atoms with van der Waals surface area (Å²) in [6, 6.07) is 7.86. The summed E-state index contributed by atoms with van der Waals surface area (Å²) in [6.45, 7) is 1.85. The highest BCUT2D eigenvalue weighted by Crippen LogP contribution is 2.05. The van der Waals surface area contributed by atoms with Crippen molar-refractivity contribution in [3.63, 3.8) is 0 Å². The summed E-state index contributed by atoms with van der Waals surface area (Å²) in [4.78, 5) is 11.1. The van der Waals surface area contributed by atoms with E-state index < -0.39 is 0 Å². The van der Waals surface area contributed by atoms with Gasteiger partial charge in [0.1, 0.15) is 12.2 Å². The second kappa shape index (κ2) is 5.86. The van der Waals surface area contributed by atoms with Gasteiger partial charge < -0.3 is 5.32 Å². The van der Waals surface area contributed by atoms with Crippen LogP contribution in [0.5, 0.6) is 0 Å². The van der Waals surface area contributed by atoms with Gasteiger partial charge in [-0.15, -0.1) is 0 Å². The lowest BCUT2D eigenvalue weighted by Crippen LogP contribution is -2.33. The van der Waals surface area contributed by atoms with Gasteiger partial charge in [0, 0.05) is 6.04 Å². The fraction of sp³-hybridized carbons (Fsp3) is 0.333. The van der Waals surface area contributed by atoms with Crippen LogP contribution in [0.3, 0.4) is 0 Å². The van der Waals surface area contributed by atoms with E-state index in [1.54, 1.807) is 18.2 Å². The first-order valence-corrected chi connectivity index (χ1v) is 5.02. The fourth-order valence-corrected chi connectivity index (χ4v) is 1.42. The third kappa shape index (κ3) is 4.09. The van der Waals surface area contributed by atoms with Gasteiger partial charge in [0.25, 0.3) is 0 Å². The molecule has 1 amide bonds. The zero-order valence-corrected chi connectivity index (χ0v) is 9.03. The normalized spacial score (nSPS) is 11.6. The van der Waals surface area contributed by atoms with Crippen molar-refractivity contribution in [2.24, 2.45) is 0 Å². The number of hydrogen-bond acceptors (Lipinski definition) is 2. The van der Waals surface area contributed by atoms with Crippen molar-refractivity contribution in [2.45, 2.75) is 25.8 Å². The third-order valence-electron chi connectivity index (χ3n) is 2.10. The molecule has 1 N–H and O–H groups in total. The molecule has 16 heavy (non-hydrogen) atoms. The summed E-state index contributed by atoms with van der Waals surface area (Å²) in [5.41, 5.74) is 0.950. The average molecular weight is 220 g/mol. The van der Waals surface area contributed by atoms with E-state index in [9.17, 15) is 9.18 Å². The van der Waals surface area contributed by atoms with Crippen molar-refractivity contribution in [2.75, 3.05) is 0 Å². The van der Waals surface area contributed by atoms with Crippen LogP contribution in [-0.4, -0.2) is 11.9 Å². The molecule has 0 fully saturated rings. The molecule has 84 valence electrons. The Morgan fingerprint density at radius 1 is 1.50 bits per heavy atom. The smallest absolute Gasteiger partial charge is 0.234 e. The predicted octanol–water partition coefficient (Wildman–Crippen LogP) is 1.79. The highest BCUT2D eigenvalue weighted by molar-refractivity contribution is 5.78. The molecule has 4 heteroatoms. The van der Waals surface area contributed by atoms with Crippen LogP contribution in [0.25, 0.3) is 0 Å². The molecule has 0 aliphatic heterocycles. The SMILES string of the molecule is CC(Cc1ccc(F)cc1)NC(=O)CC#N. The summed E-state index contributed by atoms with van der Waals surface area (Å²) >= 11 is 0. The molecule has 0 spiro atoms. The molecule has 0 heterocycles. The summed E-state index contributed by atoms with van der Waals surface area (Å²) in [6.07, 6.45) is 0.491. The Bertz CT molecular complexity index is 394. The molecule has 0 aliphatic carbocycles. The molecule has 0 bridgehead atoms. The van der Waals surface area contributed by atoms with Gasteiger partial charge in [0.2, 0.25) is 5.91 Å². The van der Waals surface area contributed by atoms with Crippen LogP contribution in [-0.2, 0) is 11.2 Å². The number of rotatable bonds is 4. The predicted molar refractivity (Wildman–Crippen MR) is 57.9 cm³/mol. The number of carbonyl (C=O) groups is 1. The number of carbonyl (C=O) groups excluding carboxylic acids is 1. The molecule has 1 unspecified atom stereocenters. The fourth-order valence-electron chi connectivity index (χ4n) is 1.42. The number of nitrogens with one attached hydrogen (secondary N) is 1. The van der Waals surface area contributed by atoms with Gasteiger partial charge >= 0.3 is 0 Å². The van der Waals surface area contributed by atoms with Gasteiger partial charge in [-0.1, -0.05) is 12.1 Å². The molecule has 1 aromatic rings. The Morgan fingerprint density at radius 3 is 2.69 bits per heavy atom. The summed E-state index contributed by atoms with van der Waals surface area (Å²) < 4.78 is 12.6. The minimum absolute atomic E-state index is 0.0636. The first-order chi connectivity index (χ1) is 7.61. The molecule has 1 atom stereocenters. The van der Waals surface area contributed by atoms with Crippen LogP contribution in [0, 0.1) is 17.1 Å². The van der Waals surface area contributed by atoms with Gasteiger partial charge in [-0.2, -0.15) is 5.26 Å². The molecular formula is C12H13FN2O. The van der Waals surface area contributed by atoms with E-state index in [1.807, 2.05) is 6.92 Å². The van der Waals surface area contributed by atoms with E-state index in [-0.39, 0.29) is 24.2 Å². The van der Waals surface area contributed by atoms with E-state index in [0.29, 0.717) is 6.42 Å². The Balaban J connectivity index is 2.45. The lowest BCUT2D eigenvalue weighted by molar-refractivity contribution is -0.120. The zero-order chi connectivity index (χ0) is 12.0. The minimum atomic E-state index is -0.280. The minimum Gasteiger partial charge on any atom is -0.352 e. The van der Waals surface area contributed by atoms with Crippen molar-refractivity contribution in [3.05, 3.63) is 35.6 Å². The zero-order valence-electron chi connectivity index (χ0n) is 9.03. The van der Waals surface area contributed by atoms with Crippen LogP contribution < -0.4 is 5.32 Å². The maximum absolute atomic E-state index is 12.6. The lowest BCUT2D eigenvalue weighted by atomic mass is 10.1. The molecule has 0 saturated heterocycles. The largest absolute Gasteiger partial charge is 0.352 e. The van der Waals surface area contributed by atoms with Gasteiger partial charge in [0.15, 0.2) is 0 Å². The van der Waals surface area contributed by atoms with Crippen LogP contribution in [0.2, 0.25) is 0 Å². The van der Waals surface area contributed by atoms with E-state index in [2.05, 4.69) is 5.32 Å². The number of halogens is 1. The maximum atomic E-state index is 12.6. The quantitative estimate of drug-likeness (QED) is 0.841. The lowest BCUT2D eigenvalue weighted by Gasteiger charge is -2.12. The van der Waals surface area contributed by atoms with E-state index in [0.717, 1.165) is 5.56 Å². The Morgan fingerprint density at radius 2 is 2.12 bits per heavy atom. The molecule has 0 aromatic heterocycles. The molecule has 1 aromatic carbocycles. The highest BCUT2D eigenvalue weighted by atomic mass is 19.1. The molecule has 0 aliphatic rings. The third-order valence-corrected chi connectivity index (χ3v) is 2.10. The van der Waals surface area contributed by atoms with Crippen molar-refractivity contribution in [3.8, 4) is 6.07 Å². The van der Waals surface area contributed by atoms with Crippen molar-refractivity contribution in [1.82, 2.24) is 5.32 Å². The van der Waals surface area contributed by atoms with E-state index >= 15 is 0 Å². The summed E-state index contributed by atoms with van der Waals surface area (Å²) in [7, 11) is 0. The Hall–Kier alpha value is -1.89. The van der Waals surface area contributed by atoms with Gasteiger partial charge in [-0.25, -0.2) is 4.39 Å². The number of nitriles is 1. The molecule has 3 nitrogen and oxygen atoms in total. The van der Waals surface area contributed by atoms with Crippen molar-refractivity contribution < 1.29 is 9.18 Å². The molecule has 1 rings (SSSR count). The topological polar surface area (TPSA) is 52.9 Å². The second-order valence-corrected chi connectivity index (χ2v) is 3.63. The van der Waals surface area contributed by atoms with Gasteiger partial charge in [-0.05, 0) is 31.0 Å². The summed E-state index contributed by atoms with van der Waals surface area (Å²) in [5.74, 6) is -0.554. The highest BCUT2D eigenvalue weighted by Gasteiger charge is 2.07. The van der Waals surface area contributed by atoms with Crippen molar-refractivity contribution in [1.29, 1.82) is 5.26 Å². The van der Waals surface area contributed by atoms with E-state index in [4.69, 9.17) is 5.26 Å². The van der Waals surface area contributed by atoms with Gasteiger partial charge in [0.05, 0.1) is 6.07 Å². The van der Waals surface area contributed by atoms with Crippen LogP contribution in [0.15, 0.2) is 24.3 Å². The van der Waals surface area contributed by atoms with Crippen LogP contribution in [0.1, 0.15) is 18.9 Å². The van der Waals surface area contributed by atoms with Crippen LogP contribution in [0.4, 0.5) is 4.39 Å². The first-order valence-electron chi connectivity index (χ1n) is 5.02. The van der Waals surface area contributed by atoms with Crippen LogP contribution >= 0.6 is 0 Å². The Labute approximate surface area is 93.9 Å². The standard InChI is InChI=1S/C12H13FN2O/c1-9(15-12(16)6-7-14)8-10-2-4-11(13)5-3-10/h2-5,9H,6,8H2,1H3,(H,15,16). The summed E-state index contributed by atoms with van der Waals surface area (Å²) in [5, 5.41) is 11.0. The molecule has 0 radical (unpaired) electrons. The number of hydrogen-bond donors (Lipinski definition) is 1. The second-order valence-electron chi connectivity index (χ2n) is 3.63. The number of nitrogens with zero attached hydrogens (tertiary/aromatic N) is 1. The van der Waals surface area contributed by atoms with Gasteiger partial charge in [-0.3, -0.25) is 4.79 Å². The monoisotopic (exact) mass is 220 g/mol. The van der Waals surface area contributed by atoms with Crippen molar-refractivity contribution >= 4 is 5.91 Å². The first kappa shape index (κ1) is 12.2. The number of amides is 1. The molecular weight excluding hydrogens is 207 g/mol.